The largest absolute Gasteiger partial charge is 3.00 e. The van der Waals surface area contributed by atoms with Gasteiger partial charge < -0.3 is 20.9 Å². The van der Waals surface area contributed by atoms with Crippen molar-refractivity contribution in [2.45, 2.75) is 71.1 Å². The minimum absolute atomic E-state index is 0. The molecule has 0 saturated heterocycles. The van der Waals surface area contributed by atoms with Crippen LogP contribution < -0.4 is 5.11 Å². The number of unbranched alkanes of at least 4 members (excludes halogenated alkanes) is 8. The van der Waals surface area contributed by atoms with Gasteiger partial charge in [-0.25, -0.2) is 0 Å². The maximum absolute atomic E-state index is 10.1. The second-order valence-electron chi connectivity index (χ2n) is 3.95. The molecule has 0 radical (unpaired) electrons. The molecule has 0 N–H and O–H groups in total. The number of carboxylic acids is 1. The van der Waals surface area contributed by atoms with Gasteiger partial charge in [0.15, 0.2) is 0 Å². The zero-order valence-electron chi connectivity index (χ0n) is 11.4. The van der Waals surface area contributed by atoms with Gasteiger partial charge in [0.05, 0.1) is 0 Å². The predicted molar refractivity (Wildman–Crippen MR) is 69.7 cm³/mol. The number of rotatable bonds is 10. The maximum Gasteiger partial charge on any atom is 3.00 e. The van der Waals surface area contributed by atoms with Crippen molar-refractivity contribution in [1.29, 1.82) is 0 Å². The molecule has 6 heteroatoms. The van der Waals surface area contributed by atoms with Crippen LogP contribution in [-0.2, 0) is 15.7 Å². The molecule has 18 heavy (non-hydrogen) atoms. The smallest absolute Gasteiger partial charge is 2.00 e. The van der Waals surface area contributed by atoms with Crippen molar-refractivity contribution < 1.29 is 20.9 Å². The van der Waals surface area contributed by atoms with Gasteiger partial charge in [-0.1, -0.05) is 58.3 Å². The molecule has 0 bridgehead atoms. The first-order chi connectivity index (χ1) is 6.77. The summed E-state index contributed by atoms with van der Waals surface area (Å²) in [5.41, 5.74) is 0. The van der Waals surface area contributed by atoms with Gasteiger partial charge in [-0.15, -0.1) is 0 Å². The molecule has 0 fully saturated rings. The predicted octanol–water partition coefficient (Wildman–Crippen LogP) is 1.66. The SMILES string of the molecule is CCCCCCCCCCCC(=O)[O-].[Al+3].[Al+3].[O-2].[O-2]. The second-order valence-corrected chi connectivity index (χ2v) is 3.95. The summed E-state index contributed by atoms with van der Waals surface area (Å²) in [7, 11) is 0. The Morgan fingerprint density at radius 1 is 0.778 bits per heavy atom. The zero-order valence-corrected chi connectivity index (χ0v) is 13.7. The van der Waals surface area contributed by atoms with Crippen LogP contribution in [0.15, 0.2) is 0 Å². The molecule has 0 aliphatic carbocycles. The minimum Gasteiger partial charge on any atom is -2.00 e. The molecule has 0 heterocycles. The first kappa shape index (κ1) is 31.1. The minimum atomic E-state index is -0.909. The Hall–Kier alpha value is 0.455. The molecule has 0 aromatic carbocycles. The van der Waals surface area contributed by atoms with Gasteiger partial charge in [-0.3, -0.25) is 0 Å². The molecule has 0 amide bonds. The van der Waals surface area contributed by atoms with Gasteiger partial charge in [0, 0.05) is 5.97 Å². The number of carbonyl (C=O) groups is 1. The quantitative estimate of drug-likeness (QED) is 0.450. The van der Waals surface area contributed by atoms with Crippen LogP contribution in [0.1, 0.15) is 71.1 Å². The van der Waals surface area contributed by atoms with E-state index in [9.17, 15) is 9.90 Å². The molecule has 100 valence electrons. The van der Waals surface area contributed by atoms with E-state index in [-0.39, 0.29) is 52.1 Å². The van der Waals surface area contributed by atoms with Crippen LogP contribution in [0.3, 0.4) is 0 Å². The van der Waals surface area contributed by atoms with Crippen molar-refractivity contribution in [2.75, 3.05) is 0 Å². The van der Waals surface area contributed by atoms with E-state index in [1.54, 1.807) is 0 Å². The van der Waals surface area contributed by atoms with Crippen LogP contribution in [0.2, 0.25) is 0 Å². The van der Waals surface area contributed by atoms with Gasteiger partial charge in [0.2, 0.25) is 0 Å². The van der Waals surface area contributed by atoms with E-state index in [0.29, 0.717) is 0 Å². The van der Waals surface area contributed by atoms with Gasteiger partial charge in [0.1, 0.15) is 0 Å². The molecular formula is C12H23Al2O4+. The van der Waals surface area contributed by atoms with Gasteiger partial charge in [-0.05, 0) is 12.8 Å². The van der Waals surface area contributed by atoms with Crippen LogP contribution in [0.4, 0.5) is 0 Å². The third-order valence-corrected chi connectivity index (χ3v) is 2.48. The Balaban J connectivity index is -0.000000141. The standard InChI is InChI=1S/C12H24O2.2Al.2O/c1-2-3-4-5-6-7-8-9-10-11-12(13)14;;;;/h2-11H2,1H3,(H,13,14);;;;/q;2*+3;2*-2/p-1. The second kappa shape index (κ2) is 26.1. The number of hydrogen-bond donors (Lipinski definition) is 0. The van der Waals surface area contributed by atoms with Crippen molar-refractivity contribution in [1.82, 2.24) is 0 Å². The number of carbonyl (C=O) groups excluding carboxylic acids is 1. The van der Waals surface area contributed by atoms with E-state index in [2.05, 4.69) is 6.92 Å². The van der Waals surface area contributed by atoms with Crippen molar-refractivity contribution >= 4 is 40.7 Å². The molecule has 0 spiro atoms. The first-order valence-corrected chi connectivity index (χ1v) is 5.97. The molecule has 0 rings (SSSR count). The Kier molecular flexibility index (Phi) is 45.0. The first-order valence-electron chi connectivity index (χ1n) is 5.97. The van der Waals surface area contributed by atoms with Crippen LogP contribution in [-0.4, -0.2) is 40.7 Å². The number of aliphatic carboxylic acids is 1. The number of hydrogen-bond acceptors (Lipinski definition) is 2. The molecular weight excluding hydrogens is 262 g/mol. The van der Waals surface area contributed by atoms with E-state index in [4.69, 9.17) is 0 Å². The molecule has 0 aromatic heterocycles. The molecule has 0 aliphatic heterocycles. The molecule has 0 unspecified atom stereocenters. The van der Waals surface area contributed by atoms with E-state index in [1.807, 2.05) is 0 Å². The average molecular weight is 285 g/mol. The molecule has 0 aromatic rings. The van der Waals surface area contributed by atoms with E-state index in [1.165, 1.54) is 44.9 Å². The fraction of sp³-hybridized carbons (Fsp3) is 0.917. The van der Waals surface area contributed by atoms with E-state index >= 15 is 0 Å². The molecule has 0 atom stereocenters. The Bertz CT molecular complexity index is 146. The topological polar surface area (TPSA) is 97.1 Å². The third-order valence-electron chi connectivity index (χ3n) is 2.48. The van der Waals surface area contributed by atoms with Crippen LogP contribution >= 0.6 is 0 Å². The van der Waals surface area contributed by atoms with E-state index < -0.39 is 5.97 Å². The summed E-state index contributed by atoms with van der Waals surface area (Å²) in [6.45, 7) is 2.22. The van der Waals surface area contributed by atoms with Crippen molar-refractivity contribution in [3.63, 3.8) is 0 Å². The number of carboxylic acid groups (broad SMARTS) is 1. The monoisotopic (exact) mass is 285 g/mol. The Labute approximate surface area is 132 Å². The normalized spacial score (nSPS) is 8.06. The summed E-state index contributed by atoms with van der Waals surface area (Å²) >= 11 is 0. The molecule has 0 aliphatic rings. The van der Waals surface area contributed by atoms with Gasteiger partial charge >= 0.3 is 34.7 Å². The Morgan fingerprint density at radius 3 is 1.44 bits per heavy atom. The van der Waals surface area contributed by atoms with Gasteiger partial charge in [0.25, 0.3) is 0 Å². The van der Waals surface area contributed by atoms with Crippen LogP contribution in [0.25, 0.3) is 0 Å². The summed E-state index contributed by atoms with van der Waals surface area (Å²) in [5, 5.41) is 10.1. The average Bonchev–Trinajstić information content (AvgIpc) is 2.15. The van der Waals surface area contributed by atoms with Crippen molar-refractivity contribution in [2.24, 2.45) is 0 Å². The summed E-state index contributed by atoms with van der Waals surface area (Å²) in [6.07, 6.45) is 11.2. The third kappa shape index (κ3) is 30.0. The van der Waals surface area contributed by atoms with Crippen LogP contribution in [0, 0.1) is 0 Å². The zero-order chi connectivity index (χ0) is 10.6. The van der Waals surface area contributed by atoms with E-state index in [0.717, 1.165) is 12.8 Å². The fourth-order valence-corrected chi connectivity index (χ4v) is 1.58. The summed E-state index contributed by atoms with van der Waals surface area (Å²) < 4.78 is 0. The summed E-state index contributed by atoms with van der Waals surface area (Å²) in [5.74, 6) is -0.909. The van der Waals surface area contributed by atoms with Crippen molar-refractivity contribution in [3.8, 4) is 0 Å². The fourth-order valence-electron chi connectivity index (χ4n) is 1.58. The summed E-state index contributed by atoms with van der Waals surface area (Å²) in [4.78, 5) is 10.1. The van der Waals surface area contributed by atoms with Crippen molar-refractivity contribution in [3.05, 3.63) is 0 Å². The molecule has 0 saturated carbocycles. The maximum atomic E-state index is 10.1. The van der Waals surface area contributed by atoms with Gasteiger partial charge in [-0.2, -0.15) is 0 Å². The summed E-state index contributed by atoms with van der Waals surface area (Å²) in [6, 6.07) is 0. The Morgan fingerprint density at radius 2 is 1.11 bits per heavy atom. The van der Waals surface area contributed by atoms with Crippen LogP contribution in [0.5, 0.6) is 0 Å². The molecule has 4 nitrogen and oxygen atoms in total.